The number of nitrogens with zero attached hydrogens (tertiary/aromatic N) is 3. The van der Waals surface area contributed by atoms with Crippen molar-refractivity contribution >= 4 is 11.8 Å². The number of rotatable bonds is 3. The van der Waals surface area contributed by atoms with Crippen LogP contribution in [0.4, 0.5) is 0 Å². The third-order valence-electron chi connectivity index (χ3n) is 2.28. The van der Waals surface area contributed by atoms with Gasteiger partial charge in [0, 0.05) is 18.0 Å². The molecule has 84 valence electrons. The smallest absolute Gasteiger partial charge is 0.190 e. The minimum atomic E-state index is 0.0777. The van der Waals surface area contributed by atoms with Gasteiger partial charge in [-0.15, -0.1) is 0 Å². The second-order valence-electron chi connectivity index (χ2n) is 3.63. The minimum absolute atomic E-state index is 0.0777. The van der Waals surface area contributed by atoms with Gasteiger partial charge in [0.05, 0.1) is 0 Å². The van der Waals surface area contributed by atoms with E-state index in [0.29, 0.717) is 0 Å². The molecule has 2 aromatic rings. The molecule has 1 heterocycles. The van der Waals surface area contributed by atoms with Crippen molar-refractivity contribution < 1.29 is 0 Å². The molecule has 4 nitrogen and oxygen atoms in total. The quantitative estimate of drug-likeness (QED) is 0.882. The van der Waals surface area contributed by atoms with Crippen molar-refractivity contribution in [3.63, 3.8) is 0 Å². The highest BCUT2D eigenvalue weighted by Crippen LogP contribution is 2.25. The van der Waals surface area contributed by atoms with Gasteiger partial charge in [0.25, 0.3) is 0 Å². The Kier molecular flexibility index (Phi) is 3.26. The van der Waals surface area contributed by atoms with Crippen LogP contribution < -0.4 is 5.73 Å². The summed E-state index contributed by atoms with van der Waals surface area (Å²) >= 11 is 1.59. The van der Waals surface area contributed by atoms with Gasteiger partial charge in [-0.25, -0.2) is 9.67 Å². The summed E-state index contributed by atoms with van der Waals surface area (Å²) in [6.07, 6.45) is 1.55. The van der Waals surface area contributed by atoms with Gasteiger partial charge < -0.3 is 5.73 Å². The highest BCUT2D eigenvalue weighted by Gasteiger charge is 2.04. The Morgan fingerprint density at radius 3 is 2.50 bits per heavy atom. The molecule has 1 aromatic carbocycles. The number of aromatic nitrogens is 3. The van der Waals surface area contributed by atoms with Crippen LogP contribution in [0.2, 0.25) is 0 Å². The molecular weight excluding hydrogens is 220 g/mol. The zero-order chi connectivity index (χ0) is 11.5. The summed E-state index contributed by atoms with van der Waals surface area (Å²) in [5.74, 6) is 0. The van der Waals surface area contributed by atoms with Crippen molar-refractivity contribution in [3.8, 4) is 0 Å². The molecule has 0 saturated heterocycles. The molecule has 16 heavy (non-hydrogen) atoms. The lowest BCUT2D eigenvalue weighted by Gasteiger charge is -2.06. The third kappa shape index (κ3) is 2.43. The van der Waals surface area contributed by atoms with E-state index in [2.05, 4.69) is 22.2 Å². The SMILES string of the molecule is CC(N)c1ccc(Sc2ncnn2C)cc1. The predicted octanol–water partition coefficient (Wildman–Crippen LogP) is 1.99. The Bertz CT molecular complexity index is 461. The summed E-state index contributed by atoms with van der Waals surface area (Å²) in [5, 5.41) is 4.91. The van der Waals surface area contributed by atoms with E-state index in [9.17, 15) is 0 Å². The summed E-state index contributed by atoms with van der Waals surface area (Å²) in [7, 11) is 1.88. The lowest BCUT2D eigenvalue weighted by atomic mass is 10.1. The van der Waals surface area contributed by atoms with Gasteiger partial charge in [-0.2, -0.15) is 5.10 Å². The van der Waals surface area contributed by atoms with Crippen LogP contribution in [-0.2, 0) is 7.05 Å². The van der Waals surface area contributed by atoms with E-state index in [-0.39, 0.29) is 6.04 Å². The van der Waals surface area contributed by atoms with Crippen LogP contribution in [0.5, 0.6) is 0 Å². The molecule has 0 amide bonds. The van der Waals surface area contributed by atoms with Crippen LogP contribution in [-0.4, -0.2) is 14.8 Å². The lowest BCUT2D eigenvalue weighted by Crippen LogP contribution is -2.04. The van der Waals surface area contributed by atoms with Gasteiger partial charge in [0.15, 0.2) is 5.16 Å². The Hall–Kier alpha value is -1.33. The molecule has 2 N–H and O–H groups in total. The predicted molar refractivity (Wildman–Crippen MR) is 64.2 cm³/mol. The highest BCUT2D eigenvalue weighted by molar-refractivity contribution is 7.99. The zero-order valence-corrected chi connectivity index (χ0v) is 10.1. The molecule has 5 heteroatoms. The fourth-order valence-corrected chi connectivity index (χ4v) is 2.08. The molecule has 0 aliphatic rings. The molecule has 1 aromatic heterocycles. The average Bonchev–Trinajstić information content (AvgIpc) is 2.65. The van der Waals surface area contributed by atoms with Crippen molar-refractivity contribution in [2.45, 2.75) is 23.0 Å². The molecule has 2 rings (SSSR count). The van der Waals surface area contributed by atoms with E-state index >= 15 is 0 Å². The number of benzene rings is 1. The molecule has 0 saturated carbocycles. The van der Waals surface area contributed by atoms with E-state index < -0.39 is 0 Å². The first-order chi connectivity index (χ1) is 7.66. The monoisotopic (exact) mass is 234 g/mol. The summed E-state index contributed by atoms with van der Waals surface area (Å²) in [4.78, 5) is 5.30. The standard InChI is InChI=1S/C11H14N4S/c1-8(12)9-3-5-10(6-4-9)16-11-13-7-14-15(11)2/h3-8H,12H2,1-2H3. The first kappa shape index (κ1) is 11.2. The zero-order valence-electron chi connectivity index (χ0n) is 9.29. The summed E-state index contributed by atoms with van der Waals surface area (Å²) in [6.45, 7) is 1.98. The van der Waals surface area contributed by atoms with Gasteiger partial charge in [0.2, 0.25) is 0 Å². The number of hydrogen-bond donors (Lipinski definition) is 1. The summed E-state index contributed by atoms with van der Waals surface area (Å²) in [5.41, 5.74) is 6.93. The van der Waals surface area contributed by atoms with Crippen molar-refractivity contribution in [2.24, 2.45) is 12.8 Å². The molecule has 0 spiro atoms. The topological polar surface area (TPSA) is 56.7 Å². The number of nitrogens with two attached hydrogens (primary N) is 1. The lowest BCUT2D eigenvalue weighted by molar-refractivity contribution is 0.685. The van der Waals surface area contributed by atoms with Crippen molar-refractivity contribution in [2.75, 3.05) is 0 Å². The van der Waals surface area contributed by atoms with Crippen LogP contribution in [0.3, 0.4) is 0 Å². The third-order valence-corrected chi connectivity index (χ3v) is 3.34. The summed E-state index contributed by atoms with van der Waals surface area (Å²) in [6, 6.07) is 8.27. The van der Waals surface area contributed by atoms with Gasteiger partial charge in [-0.3, -0.25) is 0 Å². The van der Waals surface area contributed by atoms with Crippen molar-refractivity contribution in [3.05, 3.63) is 36.2 Å². The molecule has 0 radical (unpaired) electrons. The Morgan fingerprint density at radius 2 is 2.00 bits per heavy atom. The largest absolute Gasteiger partial charge is 0.324 e. The van der Waals surface area contributed by atoms with Crippen molar-refractivity contribution in [1.29, 1.82) is 0 Å². The van der Waals surface area contributed by atoms with Crippen LogP contribution in [0, 0.1) is 0 Å². The molecule has 1 unspecified atom stereocenters. The van der Waals surface area contributed by atoms with Gasteiger partial charge in [-0.05, 0) is 24.6 Å². The van der Waals surface area contributed by atoms with Crippen molar-refractivity contribution in [1.82, 2.24) is 14.8 Å². The molecule has 1 atom stereocenters. The Balaban J connectivity index is 2.14. The second kappa shape index (κ2) is 4.67. The normalized spacial score (nSPS) is 12.7. The molecular formula is C11H14N4S. The number of aryl methyl sites for hydroxylation is 1. The maximum Gasteiger partial charge on any atom is 0.190 e. The number of hydrogen-bond acceptors (Lipinski definition) is 4. The van der Waals surface area contributed by atoms with E-state index in [0.717, 1.165) is 15.6 Å². The van der Waals surface area contributed by atoms with E-state index in [1.165, 1.54) is 0 Å². The highest BCUT2D eigenvalue weighted by atomic mass is 32.2. The van der Waals surface area contributed by atoms with E-state index in [1.54, 1.807) is 22.8 Å². The van der Waals surface area contributed by atoms with Gasteiger partial charge >= 0.3 is 0 Å². The van der Waals surface area contributed by atoms with Crippen LogP contribution in [0.1, 0.15) is 18.5 Å². The summed E-state index contributed by atoms with van der Waals surface area (Å²) < 4.78 is 1.75. The Labute approximate surface area is 98.9 Å². The van der Waals surface area contributed by atoms with Gasteiger partial charge in [0.1, 0.15) is 6.33 Å². The minimum Gasteiger partial charge on any atom is -0.324 e. The van der Waals surface area contributed by atoms with E-state index in [1.807, 2.05) is 26.1 Å². The van der Waals surface area contributed by atoms with E-state index in [4.69, 9.17) is 5.73 Å². The van der Waals surface area contributed by atoms with Crippen LogP contribution >= 0.6 is 11.8 Å². The van der Waals surface area contributed by atoms with Crippen LogP contribution in [0.15, 0.2) is 40.6 Å². The molecule has 0 aliphatic carbocycles. The maximum absolute atomic E-state index is 5.79. The molecule has 0 bridgehead atoms. The van der Waals surface area contributed by atoms with Crippen LogP contribution in [0.25, 0.3) is 0 Å². The fourth-order valence-electron chi connectivity index (χ4n) is 1.32. The molecule has 0 aliphatic heterocycles. The fraction of sp³-hybridized carbons (Fsp3) is 0.273. The molecule has 0 fully saturated rings. The average molecular weight is 234 g/mol. The Morgan fingerprint density at radius 1 is 1.31 bits per heavy atom. The first-order valence-electron chi connectivity index (χ1n) is 5.04. The maximum atomic E-state index is 5.79. The second-order valence-corrected chi connectivity index (χ2v) is 4.67. The first-order valence-corrected chi connectivity index (χ1v) is 5.86. The van der Waals surface area contributed by atoms with Gasteiger partial charge in [-0.1, -0.05) is 23.9 Å².